The molecule has 3 aromatic rings. The van der Waals surface area contributed by atoms with Crippen molar-refractivity contribution in [2.24, 2.45) is 0 Å². The van der Waals surface area contributed by atoms with Crippen molar-refractivity contribution in [1.29, 1.82) is 0 Å². The van der Waals surface area contributed by atoms with E-state index in [-0.39, 0.29) is 26.7 Å². The van der Waals surface area contributed by atoms with E-state index in [2.05, 4.69) is 9.44 Å². The Morgan fingerprint density at radius 3 is 1.45 bits per heavy atom. The summed E-state index contributed by atoms with van der Waals surface area (Å²) in [5, 5.41) is 0. The molecular weight excluding hydrogens is 464 g/mol. The SMILES string of the molecule is Cc1ccc(S(=O)(=O)Nc2cccc(NS(=O)(=O)c3ccc(C)cc3)c2C2OCCO2)cc1. The molecule has 33 heavy (non-hydrogen) atoms. The molecule has 174 valence electrons. The first-order chi connectivity index (χ1) is 15.7. The number of aryl methyl sites for hydroxylation is 2. The third-order valence-corrected chi connectivity index (χ3v) is 7.88. The number of sulfonamides is 2. The van der Waals surface area contributed by atoms with Crippen LogP contribution in [0.2, 0.25) is 0 Å². The van der Waals surface area contributed by atoms with Gasteiger partial charge in [0, 0.05) is 0 Å². The fourth-order valence-electron chi connectivity index (χ4n) is 3.36. The molecule has 0 aliphatic carbocycles. The molecule has 1 aliphatic rings. The summed E-state index contributed by atoms with van der Waals surface area (Å²) in [6.45, 7) is 4.32. The number of nitrogens with one attached hydrogen (secondary N) is 2. The van der Waals surface area contributed by atoms with Crippen molar-refractivity contribution >= 4 is 31.4 Å². The Kier molecular flexibility index (Phi) is 6.44. The number of hydrogen-bond acceptors (Lipinski definition) is 6. The van der Waals surface area contributed by atoms with Gasteiger partial charge in [0.2, 0.25) is 0 Å². The Balaban J connectivity index is 1.73. The molecule has 1 aliphatic heterocycles. The van der Waals surface area contributed by atoms with Crippen LogP contribution >= 0.6 is 0 Å². The minimum Gasteiger partial charge on any atom is -0.346 e. The zero-order valence-electron chi connectivity index (χ0n) is 18.1. The van der Waals surface area contributed by atoms with Gasteiger partial charge in [0.05, 0.1) is 39.9 Å². The molecule has 0 atom stereocenters. The normalized spacial score (nSPS) is 14.8. The first-order valence-electron chi connectivity index (χ1n) is 10.2. The molecule has 1 saturated heterocycles. The van der Waals surface area contributed by atoms with Gasteiger partial charge in [-0.2, -0.15) is 0 Å². The smallest absolute Gasteiger partial charge is 0.261 e. The summed E-state index contributed by atoms with van der Waals surface area (Å²) in [7, 11) is -7.88. The highest BCUT2D eigenvalue weighted by molar-refractivity contribution is 7.93. The van der Waals surface area contributed by atoms with Gasteiger partial charge in [-0.15, -0.1) is 0 Å². The molecule has 0 unspecified atom stereocenters. The van der Waals surface area contributed by atoms with Gasteiger partial charge in [0.15, 0.2) is 6.29 Å². The van der Waals surface area contributed by atoms with Crippen LogP contribution in [0.5, 0.6) is 0 Å². The van der Waals surface area contributed by atoms with E-state index < -0.39 is 26.3 Å². The highest BCUT2D eigenvalue weighted by Crippen LogP contribution is 2.37. The first kappa shape index (κ1) is 23.2. The summed E-state index contributed by atoms with van der Waals surface area (Å²) in [6.07, 6.45) is -0.933. The van der Waals surface area contributed by atoms with Crippen molar-refractivity contribution < 1.29 is 26.3 Å². The van der Waals surface area contributed by atoms with Crippen LogP contribution in [0.3, 0.4) is 0 Å². The minimum atomic E-state index is -3.94. The lowest BCUT2D eigenvalue weighted by Crippen LogP contribution is -2.19. The van der Waals surface area contributed by atoms with E-state index in [0.717, 1.165) is 11.1 Å². The molecule has 0 amide bonds. The van der Waals surface area contributed by atoms with E-state index in [9.17, 15) is 16.8 Å². The van der Waals surface area contributed by atoms with Crippen LogP contribution in [0.1, 0.15) is 23.0 Å². The highest BCUT2D eigenvalue weighted by Gasteiger charge is 2.29. The Hall–Kier alpha value is -2.92. The van der Waals surface area contributed by atoms with E-state index in [1.807, 2.05) is 13.8 Å². The van der Waals surface area contributed by atoms with Gasteiger partial charge in [-0.3, -0.25) is 9.44 Å². The van der Waals surface area contributed by atoms with Crippen molar-refractivity contribution in [2.45, 2.75) is 29.9 Å². The van der Waals surface area contributed by atoms with E-state index in [0.29, 0.717) is 13.2 Å². The average Bonchev–Trinajstić information content (AvgIpc) is 3.28. The molecule has 0 spiro atoms. The van der Waals surface area contributed by atoms with Crippen LogP contribution in [0.4, 0.5) is 11.4 Å². The summed E-state index contributed by atoms with van der Waals surface area (Å²) < 4.78 is 68.3. The molecule has 1 heterocycles. The molecule has 1 fully saturated rings. The molecule has 0 bridgehead atoms. The number of anilines is 2. The Morgan fingerprint density at radius 2 is 1.06 bits per heavy atom. The predicted molar refractivity (Wildman–Crippen MR) is 125 cm³/mol. The highest BCUT2D eigenvalue weighted by atomic mass is 32.2. The molecule has 0 saturated carbocycles. The maximum Gasteiger partial charge on any atom is 0.261 e. The van der Waals surface area contributed by atoms with Crippen molar-refractivity contribution in [3.8, 4) is 0 Å². The van der Waals surface area contributed by atoms with Crippen LogP contribution in [-0.4, -0.2) is 30.0 Å². The predicted octanol–water partition coefficient (Wildman–Crippen LogP) is 3.95. The molecule has 10 heteroatoms. The van der Waals surface area contributed by atoms with E-state index >= 15 is 0 Å². The van der Waals surface area contributed by atoms with Crippen molar-refractivity contribution in [2.75, 3.05) is 22.7 Å². The number of rotatable bonds is 7. The zero-order chi connectivity index (χ0) is 23.6. The molecule has 8 nitrogen and oxygen atoms in total. The lowest BCUT2D eigenvalue weighted by molar-refractivity contribution is -0.0429. The maximum atomic E-state index is 13.0. The van der Waals surface area contributed by atoms with Crippen molar-refractivity contribution in [3.05, 3.63) is 83.4 Å². The fourth-order valence-corrected chi connectivity index (χ4v) is 5.52. The molecular formula is C23H24N2O6S2. The second-order valence-corrected chi connectivity index (χ2v) is 11.0. The van der Waals surface area contributed by atoms with Gasteiger partial charge in [-0.05, 0) is 50.2 Å². The van der Waals surface area contributed by atoms with Gasteiger partial charge >= 0.3 is 0 Å². The van der Waals surface area contributed by atoms with Crippen LogP contribution in [0.25, 0.3) is 0 Å². The van der Waals surface area contributed by atoms with Crippen LogP contribution in [-0.2, 0) is 29.5 Å². The third kappa shape index (κ3) is 5.19. The van der Waals surface area contributed by atoms with Crippen molar-refractivity contribution in [3.63, 3.8) is 0 Å². The molecule has 0 radical (unpaired) electrons. The quantitative estimate of drug-likeness (QED) is 0.521. The second-order valence-electron chi connectivity index (χ2n) is 7.68. The number of benzene rings is 3. The summed E-state index contributed by atoms with van der Waals surface area (Å²) in [5.41, 5.74) is 2.42. The molecule has 3 aromatic carbocycles. The Labute approximate surface area is 193 Å². The second kappa shape index (κ2) is 9.14. The molecule has 2 N–H and O–H groups in total. The summed E-state index contributed by atoms with van der Waals surface area (Å²) in [4.78, 5) is 0.163. The largest absolute Gasteiger partial charge is 0.346 e. The molecule has 0 aromatic heterocycles. The van der Waals surface area contributed by atoms with E-state index in [1.165, 1.54) is 36.4 Å². The lowest BCUT2D eigenvalue weighted by Gasteiger charge is -2.21. The Bertz CT molecular complexity index is 1250. The topological polar surface area (TPSA) is 111 Å². The van der Waals surface area contributed by atoms with Gasteiger partial charge in [0.1, 0.15) is 0 Å². The first-order valence-corrected chi connectivity index (χ1v) is 13.2. The van der Waals surface area contributed by atoms with Crippen LogP contribution in [0.15, 0.2) is 76.5 Å². The average molecular weight is 489 g/mol. The monoisotopic (exact) mass is 488 g/mol. The summed E-state index contributed by atoms with van der Waals surface area (Å²) in [5.74, 6) is 0. The van der Waals surface area contributed by atoms with Gasteiger partial charge in [0.25, 0.3) is 20.0 Å². The van der Waals surface area contributed by atoms with Crippen LogP contribution < -0.4 is 9.44 Å². The van der Waals surface area contributed by atoms with Gasteiger partial charge < -0.3 is 9.47 Å². The zero-order valence-corrected chi connectivity index (χ0v) is 19.7. The minimum absolute atomic E-state index is 0.0814. The van der Waals surface area contributed by atoms with Crippen molar-refractivity contribution in [1.82, 2.24) is 0 Å². The van der Waals surface area contributed by atoms with Crippen LogP contribution in [0, 0.1) is 13.8 Å². The van der Waals surface area contributed by atoms with E-state index in [1.54, 1.807) is 30.3 Å². The summed E-state index contributed by atoms with van der Waals surface area (Å²) >= 11 is 0. The van der Waals surface area contributed by atoms with Gasteiger partial charge in [-0.1, -0.05) is 41.5 Å². The summed E-state index contributed by atoms with van der Waals surface area (Å²) in [6, 6.07) is 17.4. The maximum absolute atomic E-state index is 13.0. The number of hydrogen-bond donors (Lipinski definition) is 2. The molecule has 4 rings (SSSR count). The lowest BCUT2D eigenvalue weighted by atomic mass is 10.1. The van der Waals surface area contributed by atoms with Gasteiger partial charge in [-0.25, -0.2) is 16.8 Å². The standard InChI is InChI=1S/C23H24N2O6S2/c1-16-6-10-18(11-7-16)32(26,27)24-20-4-3-5-21(22(20)23-30-14-15-31-23)25-33(28,29)19-12-8-17(2)9-13-19/h3-13,23-25H,14-15H2,1-2H3. The number of ether oxygens (including phenoxy) is 2. The Morgan fingerprint density at radius 1 is 0.667 bits per heavy atom. The van der Waals surface area contributed by atoms with E-state index in [4.69, 9.17) is 9.47 Å². The fraction of sp³-hybridized carbons (Fsp3) is 0.217. The third-order valence-electron chi connectivity index (χ3n) is 5.11.